The van der Waals surface area contributed by atoms with E-state index in [1.54, 1.807) is 0 Å². The second-order valence-corrected chi connectivity index (χ2v) is 5.22. The Labute approximate surface area is 126 Å². The quantitative estimate of drug-likeness (QED) is 0.279. The summed E-state index contributed by atoms with van der Waals surface area (Å²) in [4.78, 5) is 14.1. The Morgan fingerprint density at radius 2 is 1.68 bits per heavy atom. The van der Waals surface area contributed by atoms with Crippen LogP contribution in [0.4, 0.5) is 0 Å². The summed E-state index contributed by atoms with van der Waals surface area (Å²) in [5.74, 6) is 2.91. The summed E-state index contributed by atoms with van der Waals surface area (Å²) < 4.78 is 5.20. The molecule has 0 heterocycles. The molecule has 0 saturated heterocycles. The number of hydrogen-bond donors (Lipinski definition) is 0. The van der Waals surface area contributed by atoms with Crippen LogP contribution in [-0.4, -0.2) is 12.6 Å². The van der Waals surface area contributed by atoms with E-state index in [0.29, 0.717) is 13.0 Å². The molecule has 0 aliphatic carbocycles. The van der Waals surface area contributed by atoms with Crippen molar-refractivity contribution >= 4 is 21.9 Å². The lowest BCUT2D eigenvalue weighted by Crippen LogP contribution is -2.05. The highest BCUT2D eigenvalue weighted by Crippen LogP contribution is 2.06. The van der Waals surface area contributed by atoms with Crippen LogP contribution in [0.2, 0.25) is 0 Å². The molecule has 0 bridgehead atoms. The first-order valence-electron chi connectivity index (χ1n) is 7.55. The average Bonchev–Trinajstić information content (AvgIpc) is 2.41. The second-order valence-electron chi connectivity index (χ2n) is 4.82. The van der Waals surface area contributed by atoms with Crippen LogP contribution < -0.4 is 0 Å². The molecule has 110 valence electrons. The molecule has 3 heteroatoms. The largest absolute Gasteiger partial charge is 0.466 e. The molecule has 0 saturated carbocycles. The van der Waals surface area contributed by atoms with E-state index in [2.05, 4.69) is 33.6 Å². The molecule has 0 aliphatic rings. The lowest BCUT2D eigenvalue weighted by molar-refractivity contribution is -0.143. The summed E-state index contributed by atoms with van der Waals surface area (Å²) in [5, 5.41) is 0. The number of halogens is 1. The molecule has 0 spiro atoms. The summed E-state index contributed by atoms with van der Waals surface area (Å²) in [6, 6.07) is 0. The van der Waals surface area contributed by atoms with Gasteiger partial charge in [-0.3, -0.25) is 4.79 Å². The van der Waals surface area contributed by atoms with Gasteiger partial charge in [-0.2, -0.15) is 0 Å². The maximum Gasteiger partial charge on any atom is 0.305 e. The van der Waals surface area contributed by atoms with Gasteiger partial charge in [0.15, 0.2) is 0 Å². The van der Waals surface area contributed by atoms with Gasteiger partial charge in [0.25, 0.3) is 0 Å². The maximum absolute atomic E-state index is 11.4. The molecule has 0 fully saturated rings. The highest BCUT2D eigenvalue weighted by atomic mass is 79.9. The molecule has 0 aromatic heterocycles. The second kappa shape index (κ2) is 15.6. The SMILES string of the molecule is CCCCCCCCOC(=O)CCCCCC#CBr. The molecule has 0 unspecified atom stereocenters. The van der Waals surface area contributed by atoms with Gasteiger partial charge in [-0.25, -0.2) is 0 Å². The van der Waals surface area contributed by atoms with Crippen molar-refractivity contribution in [1.82, 2.24) is 0 Å². The van der Waals surface area contributed by atoms with Gasteiger partial charge in [0.1, 0.15) is 0 Å². The van der Waals surface area contributed by atoms with Gasteiger partial charge in [0.05, 0.1) is 6.61 Å². The summed E-state index contributed by atoms with van der Waals surface area (Å²) in [5.41, 5.74) is 0. The number of ether oxygens (including phenoxy) is 1. The Hall–Kier alpha value is -0.490. The van der Waals surface area contributed by atoms with Gasteiger partial charge in [-0.05, 0) is 24.1 Å². The van der Waals surface area contributed by atoms with Crippen LogP contribution in [-0.2, 0) is 9.53 Å². The highest BCUT2D eigenvalue weighted by Gasteiger charge is 2.01. The van der Waals surface area contributed by atoms with Crippen LogP contribution in [0.15, 0.2) is 0 Å². The standard InChI is InChI=1S/C16H27BrO2/c1-2-3-4-5-9-12-15-19-16(18)13-10-7-6-8-11-14-17/h2-10,12-13,15H2,1H3. The summed E-state index contributed by atoms with van der Waals surface area (Å²) in [6.45, 7) is 2.81. The van der Waals surface area contributed by atoms with Gasteiger partial charge in [-0.15, -0.1) is 0 Å². The Morgan fingerprint density at radius 1 is 1.00 bits per heavy atom. The fraction of sp³-hybridized carbons (Fsp3) is 0.812. The van der Waals surface area contributed by atoms with Crippen molar-refractivity contribution in [3.05, 3.63) is 0 Å². The van der Waals surface area contributed by atoms with E-state index in [9.17, 15) is 4.79 Å². The molecule has 0 rings (SSSR count). The molecule has 0 atom stereocenters. The first-order chi connectivity index (χ1) is 9.31. The Morgan fingerprint density at radius 3 is 2.42 bits per heavy atom. The molecule has 0 aliphatic heterocycles. The van der Waals surface area contributed by atoms with Gasteiger partial charge in [0.2, 0.25) is 0 Å². The summed E-state index contributed by atoms with van der Waals surface area (Å²) in [7, 11) is 0. The van der Waals surface area contributed by atoms with E-state index >= 15 is 0 Å². The predicted octanol–water partition coefficient (Wildman–Crippen LogP) is 5.20. The molecular formula is C16H27BrO2. The van der Waals surface area contributed by atoms with E-state index in [1.807, 2.05) is 0 Å². The number of esters is 1. The zero-order valence-electron chi connectivity index (χ0n) is 12.2. The van der Waals surface area contributed by atoms with Crippen molar-refractivity contribution in [3.8, 4) is 10.8 Å². The van der Waals surface area contributed by atoms with Gasteiger partial charge >= 0.3 is 5.97 Å². The number of unbranched alkanes of at least 4 members (excludes halogenated alkanes) is 8. The van der Waals surface area contributed by atoms with E-state index in [4.69, 9.17) is 4.74 Å². The van der Waals surface area contributed by atoms with E-state index < -0.39 is 0 Å². The first-order valence-corrected chi connectivity index (χ1v) is 8.34. The van der Waals surface area contributed by atoms with E-state index in [-0.39, 0.29) is 5.97 Å². The molecule has 2 nitrogen and oxygen atoms in total. The summed E-state index contributed by atoms with van der Waals surface area (Å²) in [6.07, 6.45) is 11.8. The minimum absolute atomic E-state index is 0.0415. The normalized spacial score (nSPS) is 9.79. The van der Waals surface area contributed by atoms with E-state index in [1.165, 1.54) is 32.1 Å². The fourth-order valence-electron chi connectivity index (χ4n) is 1.85. The Balaban J connectivity index is 3.18. The van der Waals surface area contributed by atoms with Crippen LogP contribution in [0.3, 0.4) is 0 Å². The van der Waals surface area contributed by atoms with Gasteiger partial charge in [-0.1, -0.05) is 51.4 Å². The van der Waals surface area contributed by atoms with Crippen LogP contribution in [0.1, 0.15) is 77.6 Å². The smallest absolute Gasteiger partial charge is 0.305 e. The number of rotatable bonds is 12. The van der Waals surface area contributed by atoms with Crippen LogP contribution >= 0.6 is 15.9 Å². The first kappa shape index (κ1) is 18.5. The van der Waals surface area contributed by atoms with Crippen molar-refractivity contribution in [1.29, 1.82) is 0 Å². The van der Waals surface area contributed by atoms with Crippen molar-refractivity contribution in [2.24, 2.45) is 0 Å². The third-order valence-corrected chi connectivity index (χ3v) is 3.29. The molecule has 0 aromatic carbocycles. The lowest BCUT2D eigenvalue weighted by atomic mass is 10.1. The van der Waals surface area contributed by atoms with Gasteiger partial charge in [0, 0.05) is 28.8 Å². The van der Waals surface area contributed by atoms with Crippen LogP contribution in [0, 0.1) is 10.8 Å². The highest BCUT2D eigenvalue weighted by molar-refractivity contribution is 9.12. The van der Waals surface area contributed by atoms with Crippen LogP contribution in [0.25, 0.3) is 0 Å². The van der Waals surface area contributed by atoms with Gasteiger partial charge < -0.3 is 4.74 Å². The van der Waals surface area contributed by atoms with Crippen molar-refractivity contribution in [2.45, 2.75) is 77.6 Å². The van der Waals surface area contributed by atoms with Crippen molar-refractivity contribution in [2.75, 3.05) is 6.61 Å². The third kappa shape index (κ3) is 15.5. The number of hydrogen-bond acceptors (Lipinski definition) is 2. The number of carbonyl (C=O) groups excluding carboxylic acids is 1. The molecule has 0 aromatic rings. The monoisotopic (exact) mass is 330 g/mol. The topological polar surface area (TPSA) is 26.3 Å². The number of carbonyl (C=O) groups is 1. The van der Waals surface area contributed by atoms with E-state index in [0.717, 1.165) is 32.1 Å². The minimum atomic E-state index is -0.0415. The maximum atomic E-state index is 11.4. The zero-order valence-corrected chi connectivity index (χ0v) is 13.8. The molecule has 19 heavy (non-hydrogen) atoms. The zero-order chi connectivity index (χ0) is 14.2. The molecule has 0 N–H and O–H groups in total. The summed E-state index contributed by atoms with van der Waals surface area (Å²) >= 11 is 3.06. The fourth-order valence-corrected chi connectivity index (χ4v) is 2.05. The van der Waals surface area contributed by atoms with Crippen LogP contribution in [0.5, 0.6) is 0 Å². The predicted molar refractivity (Wildman–Crippen MR) is 84.1 cm³/mol. The van der Waals surface area contributed by atoms with Crippen molar-refractivity contribution < 1.29 is 9.53 Å². The third-order valence-electron chi connectivity index (χ3n) is 3.01. The Bertz CT molecular complexity index is 266. The Kier molecular flexibility index (Phi) is 15.2. The molecule has 0 amide bonds. The molecule has 0 radical (unpaired) electrons. The molecular weight excluding hydrogens is 304 g/mol. The van der Waals surface area contributed by atoms with Crippen molar-refractivity contribution in [3.63, 3.8) is 0 Å². The average molecular weight is 331 g/mol. The lowest BCUT2D eigenvalue weighted by Gasteiger charge is -2.04. The minimum Gasteiger partial charge on any atom is -0.466 e.